The molecule has 0 rings (SSSR count). The number of unbranched alkanes of at least 4 members (excludes halogenated alkanes) is 2. The minimum Gasteiger partial charge on any atom is -0.355 e. The molecule has 0 aliphatic rings. The molecule has 6 heteroatoms. The Morgan fingerprint density at radius 3 is 2.17 bits per heavy atom. The van der Waals surface area contributed by atoms with E-state index in [1.165, 1.54) is 0 Å². The molecule has 0 aromatic rings. The first-order chi connectivity index (χ1) is 11.6. The first-order valence-electron chi connectivity index (χ1n) is 9.18. The van der Waals surface area contributed by atoms with Crippen molar-refractivity contribution in [3.8, 4) is 0 Å². The molecule has 0 aliphatic heterocycles. The summed E-state index contributed by atoms with van der Waals surface area (Å²) in [5, 5.41) is 2.96. The quantitative estimate of drug-likeness (QED) is 0.321. The number of likely N-dealkylation sites (N-methyl/N-ethyl adjacent to an activating group) is 1. The molecule has 0 bridgehead atoms. The zero-order valence-electron chi connectivity index (χ0n) is 15.5. The molecular formula is C18H35N3O3. The van der Waals surface area contributed by atoms with Gasteiger partial charge in [0.15, 0.2) is 0 Å². The summed E-state index contributed by atoms with van der Waals surface area (Å²) in [7, 11) is 2.05. The zero-order chi connectivity index (χ0) is 18.0. The van der Waals surface area contributed by atoms with Crippen LogP contribution >= 0.6 is 0 Å². The second kappa shape index (κ2) is 16.6. The van der Waals surface area contributed by atoms with Gasteiger partial charge in [0, 0.05) is 45.4 Å². The molecule has 0 saturated heterocycles. The van der Waals surface area contributed by atoms with Crippen molar-refractivity contribution in [3.05, 3.63) is 0 Å². The predicted octanol–water partition coefficient (Wildman–Crippen LogP) is 1.48. The Kier molecular flexibility index (Phi) is 15.7. The molecule has 0 unspecified atom stereocenters. The Bertz CT molecular complexity index is 325. The van der Waals surface area contributed by atoms with Gasteiger partial charge in [0.05, 0.1) is 0 Å². The van der Waals surface area contributed by atoms with Crippen LogP contribution in [-0.4, -0.2) is 74.6 Å². The van der Waals surface area contributed by atoms with Gasteiger partial charge in [-0.2, -0.15) is 0 Å². The molecule has 0 spiro atoms. The van der Waals surface area contributed by atoms with E-state index >= 15 is 0 Å². The largest absolute Gasteiger partial charge is 0.355 e. The van der Waals surface area contributed by atoms with Gasteiger partial charge in [-0.05, 0) is 33.0 Å². The number of hydrogen-bond donors (Lipinski definition) is 1. The van der Waals surface area contributed by atoms with Gasteiger partial charge >= 0.3 is 0 Å². The van der Waals surface area contributed by atoms with Crippen LogP contribution in [0.3, 0.4) is 0 Å². The third-order valence-corrected chi connectivity index (χ3v) is 3.96. The van der Waals surface area contributed by atoms with Crippen molar-refractivity contribution >= 4 is 18.5 Å². The SMILES string of the molecule is CCCCCC(=O)NCCN(C)CCCN(CCC=O)CCC=O. The Morgan fingerprint density at radius 1 is 0.917 bits per heavy atom. The zero-order valence-corrected chi connectivity index (χ0v) is 15.5. The smallest absolute Gasteiger partial charge is 0.220 e. The van der Waals surface area contributed by atoms with Crippen molar-refractivity contribution in [2.24, 2.45) is 0 Å². The average molecular weight is 341 g/mol. The molecule has 0 radical (unpaired) electrons. The van der Waals surface area contributed by atoms with Crippen molar-refractivity contribution in [3.63, 3.8) is 0 Å². The highest BCUT2D eigenvalue weighted by molar-refractivity contribution is 5.75. The minimum atomic E-state index is 0.144. The minimum absolute atomic E-state index is 0.144. The van der Waals surface area contributed by atoms with E-state index < -0.39 is 0 Å². The lowest BCUT2D eigenvalue weighted by Gasteiger charge is -2.22. The number of nitrogens with one attached hydrogen (secondary N) is 1. The molecule has 0 aromatic heterocycles. The number of carbonyl (C=O) groups excluding carboxylic acids is 3. The van der Waals surface area contributed by atoms with Crippen LogP contribution in [0, 0.1) is 0 Å². The topological polar surface area (TPSA) is 69.7 Å². The van der Waals surface area contributed by atoms with E-state index in [4.69, 9.17) is 0 Å². The van der Waals surface area contributed by atoms with E-state index in [1.807, 2.05) is 7.05 Å². The van der Waals surface area contributed by atoms with Gasteiger partial charge in [-0.3, -0.25) is 4.79 Å². The molecule has 0 atom stereocenters. The van der Waals surface area contributed by atoms with Gasteiger partial charge < -0.3 is 24.7 Å². The van der Waals surface area contributed by atoms with Crippen LogP contribution in [0.4, 0.5) is 0 Å². The van der Waals surface area contributed by atoms with Gasteiger partial charge in [0.2, 0.25) is 5.91 Å². The Hall–Kier alpha value is -1.27. The summed E-state index contributed by atoms with van der Waals surface area (Å²) in [6, 6.07) is 0. The fraction of sp³-hybridized carbons (Fsp3) is 0.833. The van der Waals surface area contributed by atoms with Crippen molar-refractivity contribution in [2.45, 2.75) is 51.9 Å². The molecule has 0 aliphatic carbocycles. The molecule has 1 N–H and O–H groups in total. The maximum absolute atomic E-state index is 11.6. The number of carbonyl (C=O) groups is 3. The van der Waals surface area contributed by atoms with E-state index in [0.717, 1.165) is 71.0 Å². The molecule has 0 fully saturated rings. The van der Waals surface area contributed by atoms with Crippen LogP contribution in [0.1, 0.15) is 51.9 Å². The third-order valence-electron chi connectivity index (χ3n) is 3.96. The molecule has 0 saturated carbocycles. The van der Waals surface area contributed by atoms with Gasteiger partial charge in [0.25, 0.3) is 0 Å². The first-order valence-corrected chi connectivity index (χ1v) is 9.18. The van der Waals surface area contributed by atoms with Gasteiger partial charge in [-0.15, -0.1) is 0 Å². The highest BCUT2D eigenvalue weighted by Gasteiger charge is 2.06. The molecular weight excluding hydrogens is 306 g/mol. The second-order valence-corrected chi connectivity index (χ2v) is 6.22. The van der Waals surface area contributed by atoms with Crippen LogP contribution in [0.5, 0.6) is 0 Å². The Morgan fingerprint density at radius 2 is 1.58 bits per heavy atom. The van der Waals surface area contributed by atoms with Crippen molar-refractivity contribution < 1.29 is 14.4 Å². The lowest BCUT2D eigenvalue weighted by atomic mass is 10.2. The van der Waals surface area contributed by atoms with Gasteiger partial charge in [-0.25, -0.2) is 0 Å². The maximum Gasteiger partial charge on any atom is 0.220 e. The summed E-state index contributed by atoms with van der Waals surface area (Å²) in [5.74, 6) is 0.144. The standard InChI is InChI=1S/C18H35N3O3/c1-3-4-5-9-18(24)19-10-15-20(2)11-6-12-21(13-7-16-22)14-8-17-23/h16-17H,3-15H2,1-2H3,(H,19,24). The molecule has 6 nitrogen and oxygen atoms in total. The van der Waals surface area contributed by atoms with Gasteiger partial charge in [0.1, 0.15) is 12.6 Å². The van der Waals surface area contributed by atoms with E-state index in [1.54, 1.807) is 0 Å². The average Bonchev–Trinajstić information content (AvgIpc) is 2.57. The lowest BCUT2D eigenvalue weighted by Crippen LogP contribution is -2.35. The fourth-order valence-corrected chi connectivity index (χ4v) is 2.49. The highest BCUT2D eigenvalue weighted by Crippen LogP contribution is 1.99. The molecule has 0 heterocycles. The number of nitrogens with zero attached hydrogens (tertiary/aromatic N) is 2. The summed E-state index contributed by atoms with van der Waals surface area (Å²) in [4.78, 5) is 36.9. The number of amides is 1. The third kappa shape index (κ3) is 14.3. The van der Waals surface area contributed by atoms with Crippen molar-refractivity contribution in [1.82, 2.24) is 15.1 Å². The van der Waals surface area contributed by atoms with E-state index in [0.29, 0.717) is 25.8 Å². The van der Waals surface area contributed by atoms with E-state index in [2.05, 4.69) is 22.0 Å². The highest BCUT2D eigenvalue weighted by atomic mass is 16.1. The van der Waals surface area contributed by atoms with Crippen LogP contribution < -0.4 is 5.32 Å². The summed E-state index contributed by atoms with van der Waals surface area (Å²) in [6.07, 6.45) is 7.68. The summed E-state index contributed by atoms with van der Waals surface area (Å²) in [6.45, 7) is 6.90. The molecule has 1 amide bonds. The lowest BCUT2D eigenvalue weighted by molar-refractivity contribution is -0.121. The van der Waals surface area contributed by atoms with Gasteiger partial charge in [-0.1, -0.05) is 19.8 Å². The fourth-order valence-electron chi connectivity index (χ4n) is 2.49. The van der Waals surface area contributed by atoms with E-state index in [-0.39, 0.29) is 5.91 Å². The monoisotopic (exact) mass is 341 g/mol. The van der Waals surface area contributed by atoms with Crippen molar-refractivity contribution in [2.75, 3.05) is 46.3 Å². The number of aldehydes is 2. The Labute approximate surface area is 146 Å². The summed E-state index contributed by atoms with van der Waals surface area (Å²) in [5.41, 5.74) is 0. The second-order valence-electron chi connectivity index (χ2n) is 6.22. The van der Waals surface area contributed by atoms with Crippen LogP contribution in [-0.2, 0) is 14.4 Å². The normalized spacial score (nSPS) is 11.0. The van der Waals surface area contributed by atoms with E-state index in [9.17, 15) is 14.4 Å². The van der Waals surface area contributed by atoms with Crippen LogP contribution in [0.25, 0.3) is 0 Å². The van der Waals surface area contributed by atoms with Crippen LogP contribution in [0.2, 0.25) is 0 Å². The molecule has 24 heavy (non-hydrogen) atoms. The Balaban J connectivity index is 3.74. The summed E-state index contributed by atoms with van der Waals surface area (Å²) >= 11 is 0. The number of hydrogen-bond acceptors (Lipinski definition) is 5. The summed E-state index contributed by atoms with van der Waals surface area (Å²) < 4.78 is 0. The van der Waals surface area contributed by atoms with Crippen molar-refractivity contribution in [1.29, 1.82) is 0 Å². The maximum atomic E-state index is 11.6. The van der Waals surface area contributed by atoms with Crippen LogP contribution in [0.15, 0.2) is 0 Å². The molecule has 140 valence electrons. The first kappa shape index (κ1) is 22.7. The predicted molar refractivity (Wildman–Crippen MR) is 97.1 cm³/mol. The molecule has 0 aromatic carbocycles. The number of rotatable bonds is 17.